The van der Waals surface area contributed by atoms with E-state index in [1.807, 2.05) is 0 Å². The fourth-order valence-electron chi connectivity index (χ4n) is 1.45. The van der Waals surface area contributed by atoms with E-state index in [1.54, 1.807) is 6.07 Å². The maximum absolute atomic E-state index is 13.4. The number of hydrogen-bond acceptors (Lipinski definition) is 4. The zero-order chi connectivity index (χ0) is 15.8. The summed E-state index contributed by atoms with van der Waals surface area (Å²) in [7, 11) is 1.35. The molecule has 0 radical (unpaired) electrons. The molecule has 6 nitrogen and oxygen atoms in total. The molecule has 0 aromatic heterocycles. The molecular formula is C13H15BrFNO5. The predicted octanol–water partition coefficient (Wildman–Crippen LogP) is 1.57. The number of carboxylic acids is 1. The van der Waals surface area contributed by atoms with Crippen molar-refractivity contribution in [3.8, 4) is 5.75 Å². The molecule has 116 valence electrons. The molecule has 1 unspecified atom stereocenters. The van der Waals surface area contributed by atoms with E-state index >= 15 is 0 Å². The Kier molecular flexibility index (Phi) is 7.10. The van der Waals surface area contributed by atoms with Crippen LogP contribution in [0, 0.1) is 5.82 Å². The molecule has 0 heterocycles. The third-order valence-corrected chi connectivity index (χ3v) is 3.01. The molecule has 1 aromatic carbocycles. The number of carboxylic acid groups (broad SMARTS) is 1. The highest BCUT2D eigenvalue weighted by Crippen LogP contribution is 2.21. The van der Waals surface area contributed by atoms with Crippen molar-refractivity contribution in [1.82, 2.24) is 5.32 Å². The molecule has 0 bridgehead atoms. The summed E-state index contributed by atoms with van der Waals surface area (Å²) in [5, 5.41) is 11.1. The normalized spacial score (nSPS) is 11.8. The molecule has 0 fully saturated rings. The fourth-order valence-corrected chi connectivity index (χ4v) is 1.78. The standard InChI is InChI=1S/C13H15BrFNO5/c1-20-9(5-13(18)19)6-16-12(17)7-21-11-3-2-8(14)4-10(11)15/h2-4,9H,5-7H2,1H3,(H,16,17)(H,18,19). The summed E-state index contributed by atoms with van der Waals surface area (Å²) < 4.78 is 23.9. The number of benzene rings is 1. The first kappa shape index (κ1) is 17.4. The molecule has 1 amide bonds. The maximum atomic E-state index is 13.4. The monoisotopic (exact) mass is 363 g/mol. The molecule has 0 saturated heterocycles. The van der Waals surface area contributed by atoms with Crippen molar-refractivity contribution in [3.05, 3.63) is 28.5 Å². The number of carbonyl (C=O) groups is 2. The van der Waals surface area contributed by atoms with E-state index in [2.05, 4.69) is 21.2 Å². The Labute approximate surface area is 129 Å². The van der Waals surface area contributed by atoms with Crippen LogP contribution in [-0.2, 0) is 14.3 Å². The number of halogens is 2. The molecule has 0 aliphatic heterocycles. The Morgan fingerprint density at radius 2 is 2.19 bits per heavy atom. The van der Waals surface area contributed by atoms with Gasteiger partial charge in [-0.3, -0.25) is 9.59 Å². The van der Waals surface area contributed by atoms with E-state index in [-0.39, 0.29) is 25.3 Å². The van der Waals surface area contributed by atoms with Gasteiger partial charge in [0.25, 0.3) is 5.91 Å². The summed E-state index contributed by atoms with van der Waals surface area (Å²) in [6.07, 6.45) is -0.852. The molecule has 21 heavy (non-hydrogen) atoms. The quantitative estimate of drug-likeness (QED) is 0.732. The van der Waals surface area contributed by atoms with Crippen molar-refractivity contribution in [2.45, 2.75) is 12.5 Å². The van der Waals surface area contributed by atoms with Crippen LogP contribution in [0.2, 0.25) is 0 Å². The van der Waals surface area contributed by atoms with E-state index in [1.165, 1.54) is 19.2 Å². The highest BCUT2D eigenvalue weighted by Gasteiger charge is 2.14. The lowest BCUT2D eigenvalue weighted by Crippen LogP contribution is -2.37. The minimum Gasteiger partial charge on any atom is -0.481 e. The van der Waals surface area contributed by atoms with Gasteiger partial charge in [0.2, 0.25) is 0 Å². The molecule has 0 saturated carbocycles. The maximum Gasteiger partial charge on any atom is 0.306 e. The Morgan fingerprint density at radius 3 is 2.76 bits per heavy atom. The van der Waals surface area contributed by atoms with Crippen LogP contribution in [0.4, 0.5) is 4.39 Å². The largest absolute Gasteiger partial charge is 0.481 e. The van der Waals surface area contributed by atoms with Gasteiger partial charge in [-0.15, -0.1) is 0 Å². The first-order valence-electron chi connectivity index (χ1n) is 6.01. The van der Waals surface area contributed by atoms with Crippen LogP contribution >= 0.6 is 15.9 Å². The smallest absolute Gasteiger partial charge is 0.306 e. The van der Waals surface area contributed by atoms with Crippen LogP contribution in [0.3, 0.4) is 0 Å². The summed E-state index contributed by atoms with van der Waals surface area (Å²) in [5.41, 5.74) is 0. The first-order chi connectivity index (χ1) is 9.92. The zero-order valence-electron chi connectivity index (χ0n) is 11.3. The van der Waals surface area contributed by atoms with Crippen LogP contribution in [-0.4, -0.2) is 43.3 Å². The lowest BCUT2D eigenvalue weighted by Gasteiger charge is -2.14. The number of rotatable bonds is 8. The number of aliphatic carboxylic acids is 1. The summed E-state index contributed by atoms with van der Waals surface area (Å²) in [6.45, 7) is -0.337. The first-order valence-corrected chi connectivity index (χ1v) is 6.80. The van der Waals surface area contributed by atoms with Crippen LogP contribution < -0.4 is 10.1 Å². The molecule has 0 spiro atoms. The van der Waals surface area contributed by atoms with Crippen molar-refractivity contribution in [2.24, 2.45) is 0 Å². The molecule has 8 heteroatoms. The van der Waals surface area contributed by atoms with Crippen molar-refractivity contribution in [1.29, 1.82) is 0 Å². The lowest BCUT2D eigenvalue weighted by atomic mass is 10.2. The molecule has 0 aliphatic carbocycles. The molecular weight excluding hydrogens is 349 g/mol. The van der Waals surface area contributed by atoms with Crippen molar-refractivity contribution in [3.63, 3.8) is 0 Å². The number of ether oxygens (including phenoxy) is 2. The number of nitrogens with one attached hydrogen (secondary N) is 1. The third kappa shape index (κ3) is 6.54. The Balaban J connectivity index is 2.38. The second kappa shape index (κ2) is 8.58. The minimum absolute atomic E-state index is 0.0355. The van der Waals surface area contributed by atoms with Crippen molar-refractivity contribution >= 4 is 27.8 Å². The minimum atomic E-state index is -1.02. The van der Waals surface area contributed by atoms with Gasteiger partial charge >= 0.3 is 5.97 Å². The topological polar surface area (TPSA) is 84.9 Å². The second-order valence-electron chi connectivity index (χ2n) is 4.12. The summed E-state index contributed by atoms with van der Waals surface area (Å²) >= 11 is 3.11. The van der Waals surface area contributed by atoms with Gasteiger partial charge < -0.3 is 19.9 Å². The van der Waals surface area contributed by atoms with E-state index in [0.29, 0.717) is 4.47 Å². The summed E-state index contributed by atoms with van der Waals surface area (Å²) in [5.74, 6) is -2.14. The van der Waals surface area contributed by atoms with Gasteiger partial charge in [-0.2, -0.15) is 0 Å². The van der Waals surface area contributed by atoms with Gasteiger partial charge in [-0.25, -0.2) is 4.39 Å². The number of carbonyl (C=O) groups excluding carboxylic acids is 1. The van der Waals surface area contributed by atoms with Crippen LogP contribution in [0.1, 0.15) is 6.42 Å². The van der Waals surface area contributed by atoms with E-state index in [4.69, 9.17) is 14.6 Å². The lowest BCUT2D eigenvalue weighted by molar-refractivity contribution is -0.140. The summed E-state index contributed by atoms with van der Waals surface area (Å²) in [6, 6.07) is 4.21. The van der Waals surface area contributed by atoms with Crippen molar-refractivity contribution < 1.29 is 28.6 Å². The Morgan fingerprint density at radius 1 is 1.48 bits per heavy atom. The van der Waals surface area contributed by atoms with Gasteiger partial charge in [0.05, 0.1) is 12.5 Å². The Bertz CT molecular complexity index is 511. The van der Waals surface area contributed by atoms with Gasteiger partial charge in [-0.1, -0.05) is 15.9 Å². The number of methoxy groups -OCH3 is 1. The third-order valence-electron chi connectivity index (χ3n) is 2.52. The zero-order valence-corrected chi connectivity index (χ0v) is 12.9. The van der Waals surface area contributed by atoms with Crippen LogP contribution in [0.5, 0.6) is 5.75 Å². The van der Waals surface area contributed by atoms with E-state index in [9.17, 15) is 14.0 Å². The average molecular weight is 364 g/mol. The number of amides is 1. The predicted molar refractivity (Wildman–Crippen MR) is 75.7 cm³/mol. The highest BCUT2D eigenvalue weighted by atomic mass is 79.9. The Hall–Kier alpha value is -1.67. The van der Waals surface area contributed by atoms with E-state index < -0.39 is 23.8 Å². The van der Waals surface area contributed by atoms with Gasteiger partial charge in [0, 0.05) is 18.1 Å². The van der Waals surface area contributed by atoms with Crippen LogP contribution in [0.15, 0.2) is 22.7 Å². The molecule has 1 rings (SSSR count). The number of hydrogen-bond donors (Lipinski definition) is 2. The van der Waals surface area contributed by atoms with E-state index in [0.717, 1.165) is 0 Å². The van der Waals surface area contributed by atoms with Gasteiger partial charge in [0.1, 0.15) is 0 Å². The van der Waals surface area contributed by atoms with Gasteiger partial charge in [0.15, 0.2) is 18.2 Å². The highest BCUT2D eigenvalue weighted by molar-refractivity contribution is 9.10. The molecule has 2 N–H and O–H groups in total. The van der Waals surface area contributed by atoms with Crippen LogP contribution in [0.25, 0.3) is 0 Å². The fraction of sp³-hybridized carbons (Fsp3) is 0.385. The van der Waals surface area contributed by atoms with Gasteiger partial charge in [-0.05, 0) is 18.2 Å². The summed E-state index contributed by atoms with van der Waals surface area (Å²) in [4.78, 5) is 22.1. The molecule has 0 aliphatic rings. The second-order valence-corrected chi connectivity index (χ2v) is 5.04. The van der Waals surface area contributed by atoms with Crippen molar-refractivity contribution in [2.75, 3.05) is 20.3 Å². The molecule has 1 aromatic rings. The molecule has 1 atom stereocenters. The average Bonchev–Trinajstić information content (AvgIpc) is 2.42. The SMILES string of the molecule is COC(CNC(=O)COc1ccc(Br)cc1F)CC(=O)O.